The first-order valence-electron chi connectivity index (χ1n) is 11.1. The number of nitrogens with one attached hydrogen (secondary N) is 1. The van der Waals surface area contributed by atoms with Gasteiger partial charge in [-0.2, -0.15) is 0 Å². The largest absolute Gasteiger partial charge is 0.495 e. The van der Waals surface area contributed by atoms with Gasteiger partial charge in [-0.15, -0.1) is 0 Å². The van der Waals surface area contributed by atoms with Crippen molar-refractivity contribution in [3.8, 4) is 5.75 Å². The second kappa shape index (κ2) is 9.72. The average molecular weight is 480 g/mol. The molecule has 1 aliphatic rings. The number of primary amides is 1. The summed E-state index contributed by atoms with van der Waals surface area (Å²) >= 11 is 1.40. The summed E-state index contributed by atoms with van der Waals surface area (Å²) in [5, 5.41) is 3.65. The van der Waals surface area contributed by atoms with E-state index in [1.54, 1.807) is 45.2 Å². The molecule has 0 atom stereocenters. The fourth-order valence-corrected chi connectivity index (χ4v) is 5.04. The number of aromatic nitrogens is 1. The van der Waals surface area contributed by atoms with Crippen LogP contribution >= 0.6 is 11.3 Å². The molecule has 0 aliphatic carbocycles. The van der Waals surface area contributed by atoms with Gasteiger partial charge in [-0.05, 0) is 38.1 Å². The van der Waals surface area contributed by atoms with E-state index in [4.69, 9.17) is 15.5 Å². The number of nitrogens with zero attached hydrogens (tertiary/aromatic N) is 3. The van der Waals surface area contributed by atoms with Crippen molar-refractivity contribution in [1.82, 2.24) is 4.98 Å². The lowest BCUT2D eigenvalue weighted by atomic mass is 9.90. The van der Waals surface area contributed by atoms with Gasteiger partial charge >= 0.3 is 0 Å². The van der Waals surface area contributed by atoms with Gasteiger partial charge in [0, 0.05) is 31.7 Å². The molecule has 0 unspecified atom stereocenters. The highest BCUT2D eigenvalue weighted by molar-refractivity contribution is 7.16. The van der Waals surface area contributed by atoms with Crippen molar-refractivity contribution >= 4 is 39.8 Å². The Hall–Kier alpha value is -3.59. The van der Waals surface area contributed by atoms with Crippen LogP contribution in [-0.2, 0) is 10.2 Å². The Morgan fingerprint density at radius 1 is 1.00 bits per heavy atom. The number of carbonyl (C=O) groups excluding carboxylic acids is 2. The summed E-state index contributed by atoms with van der Waals surface area (Å²) < 4.78 is 5.51. The van der Waals surface area contributed by atoms with Crippen LogP contribution in [0.5, 0.6) is 5.75 Å². The molecule has 4 rings (SSSR count). The predicted octanol–water partition coefficient (Wildman–Crippen LogP) is 3.49. The Balaban J connectivity index is 1.57. The molecular formula is C25H29N5O3S. The number of rotatable bonds is 7. The maximum Gasteiger partial charge on any atom is 0.256 e. The summed E-state index contributed by atoms with van der Waals surface area (Å²) in [7, 11) is 1.68. The van der Waals surface area contributed by atoms with Gasteiger partial charge in [-0.3, -0.25) is 9.59 Å². The maximum atomic E-state index is 12.8. The summed E-state index contributed by atoms with van der Waals surface area (Å²) in [5.41, 5.74) is 6.31. The lowest BCUT2D eigenvalue weighted by Gasteiger charge is -2.36. The van der Waals surface area contributed by atoms with Gasteiger partial charge in [0.1, 0.15) is 5.75 Å². The van der Waals surface area contributed by atoms with E-state index in [0.717, 1.165) is 42.7 Å². The first-order valence-corrected chi connectivity index (χ1v) is 11.9. The molecule has 9 heteroatoms. The van der Waals surface area contributed by atoms with Crippen molar-refractivity contribution in [2.75, 3.05) is 48.4 Å². The van der Waals surface area contributed by atoms with Crippen LogP contribution in [0, 0.1) is 0 Å². The van der Waals surface area contributed by atoms with E-state index in [9.17, 15) is 9.59 Å². The third kappa shape index (κ3) is 4.70. The van der Waals surface area contributed by atoms with Crippen LogP contribution in [0.25, 0.3) is 0 Å². The van der Waals surface area contributed by atoms with Crippen molar-refractivity contribution in [3.63, 3.8) is 0 Å². The number of benzene rings is 2. The molecule has 0 radical (unpaired) electrons. The van der Waals surface area contributed by atoms with E-state index in [1.807, 2.05) is 24.3 Å². The molecule has 34 heavy (non-hydrogen) atoms. The number of hydrogen-bond donors (Lipinski definition) is 2. The number of thiazole rings is 1. The standard InChI is InChI=1S/C25H29N5O3S/c1-25(2,23(26)32)20-21(27-22(31)17-9-5-4-6-10-17)28-24(34-20)30-15-13-29(14-16-30)18-11-7-8-12-19(18)33-3/h4-12H,13-16H2,1-3H3,(H2,26,32)(H,27,31). The molecule has 1 saturated heterocycles. The summed E-state index contributed by atoms with van der Waals surface area (Å²) in [6, 6.07) is 16.9. The van der Waals surface area contributed by atoms with Crippen molar-refractivity contribution in [1.29, 1.82) is 0 Å². The fourth-order valence-electron chi connectivity index (χ4n) is 3.86. The van der Waals surface area contributed by atoms with Gasteiger partial charge in [0.05, 0.1) is 23.1 Å². The number of piperazine rings is 1. The highest BCUT2D eigenvalue weighted by Gasteiger charge is 2.35. The Kier molecular flexibility index (Phi) is 6.74. The quantitative estimate of drug-likeness (QED) is 0.538. The van der Waals surface area contributed by atoms with E-state index < -0.39 is 11.3 Å². The number of carbonyl (C=O) groups is 2. The lowest BCUT2D eigenvalue weighted by Crippen LogP contribution is -2.46. The minimum Gasteiger partial charge on any atom is -0.495 e. The number of methoxy groups -OCH3 is 1. The van der Waals surface area contributed by atoms with E-state index in [1.165, 1.54) is 11.3 Å². The number of anilines is 3. The molecule has 3 aromatic rings. The number of nitrogens with two attached hydrogens (primary N) is 1. The van der Waals surface area contributed by atoms with Crippen LogP contribution in [0.3, 0.4) is 0 Å². The molecule has 1 aromatic heterocycles. The first-order chi connectivity index (χ1) is 16.3. The predicted molar refractivity (Wildman–Crippen MR) is 136 cm³/mol. The molecule has 178 valence electrons. The van der Waals surface area contributed by atoms with Crippen molar-refractivity contribution in [3.05, 3.63) is 65.0 Å². The molecule has 8 nitrogen and oxygen atoms in total. The Morgan fingerprint density at radius 2 is 1.62 bits per heavy atom. The van der Waals surface area contributed by atoms with Crippen molar-refractivity contribution in [2.45, 2.75) is 19.3 Å². The fraction of sp³-hybridized carbons (Fsp3) is 0.320. The van der Waals surface area contributed by atoms with Crippen molar-refractivity contribution < 1.29 is 14.3 Å². The van der Waals surface area contributed by atoms with Crippen LogP contribution in [-0.4, -0.2) is 50.1 Å². The van der Waals surface area contributed by atoms with Gasteiger partial charge in [0.2, 0.25) is 5.91 Å². The zero-order valence-corrected chi connectivity index (χ0v) is 20.4. The second-order valence-electron chi connectivity index (χ2n) is 8.63. The minimum atomic E-state index is -0.978. The molecule has 0 spiro atoms. The average Bonchev–Trinajstić information content (AvgIpc) is 3.29. The molecule has 1 fully saturated rings. The molecule has 3 N–H and O–H groups in total. The van der Waals surface area contributed by atoms with Crippen LogP contribution in [0.15, 0.2) is 54.6 Å². The monoisotopic (exact) mass is 479 g/mol. The topological polar surface area (TPSA) is 101 Å². The third-order valence-corrected chi connectivity index (χ3v) is 7.48. The Labute approximate surface area is 203 Å². The lowest BCUT2D eigenvalue weighted by molar-refractivity contribution is -0.122. The molecule has 2 aromatic carbocycles. The highest BCUT2D eigenvalue weighted by atomic mass is 32.1. The third-order valence-electron chi connectivity index (χ3n) is 6.04. The molecule has 1 aliphatic heterocycles. The van der Waals surface area contributed by atoms with Gasteiger partial charge in [0.25, 0.3) is 5.91 Å². The van der Waals surface area contributed by atoms with Crippen LogP contribution in [0.1, 0.15) is 29.1 Å². The number of amides is 2. The smallest absolute Gasteiger partial charge is 0.256 e. The Bertz CT molecular complexity index is 1170. The zero-order chi connectivity index (χ0) is 24.3. The second-order valence-corrected chi connectivity index (χ2v) is 9.61. The minimum absolute atomic E-state index is 0.278. The van der Waals surface area contributed by atoms with Crippen LogP contribution in [0.4, 0.5) is 16.6 Å². The molecular weight excluding hydrogens is 450 g/mol. The van der Waals surface area contributed by atoms with E-state index in [0.29, 0.717) is 16.3 Å². The van der Waals surface area contributed by atoms with E-state index in [2.05, 4.69) is 21.2 Å². The summed E-state index contributed by atoms with van der Waals surface area (Å²) in [6.45, 7) is 6.58. The SMILES string of the molecule is COc1ccccc1N1CCN(c2nc(NC(=O)c3ccccc3)c(C(C)(C)C(N)=O)s2)CC1. The molecule has 2 amide bonds. The molecule has 0 bridgehead atoms. The highest BCUT2D eigenvalue weighted by Crippen LogP contribution is 2.39. The maximum absolute atomic E-state index is 12.8. The van der Waals surface area contributed by atoms with Crippen LogP contribution in [0.2, 0.25) is 0 Å². The molecule has 0 saturated carbocycles. The summed E-state index contributed by atoms with van der Waals surface area (Å²) in [5.74, 6) is 0.477. The van der Waals surface area contributed by atoms with Crippen molar-refractivity contribution in [2.24, 2.45) is 5.73 Å². The number of ether oxygens (including phenoxy) is 1. The van der Waals surface area contributed by atoms with Gasteiger partial charge in [-0.25, -0.2) is 4.98 Å². The summed E-state index contributed by atoms with van der Waals surface area (Å²) in [6.07, 6.45) is 0. The van der Waals surface area contributed by atoms with Gasteiger partial charge < -0.3 is 25.6 Å². The normalized spacial score (nSPS) is 14.1. The molecule has 2 heterocycles. The van der Waals surface area contributed by atoms with E-state index >= 15 is 0 Å². The number of hydrogen-bond acceptors (Lipinski definition) is 7. The van der Waals surface area contributed by atoms with Gasteiger partial charge in [-0.1, -0.05) is 41.7 Å². The number of para-hydroxylation sites is 2. The Morgan fingerprint density at radius 3 is 2.26 bits per heavy atom. The van der Waals surface area contributed by atoms with E-state index in [-0.39, 0.29) is 5.91 Å². The summed E-state index contributed by atoms with van der Waals surface area (Å²) in [4.78, 5) is 34.9. The van der Waals surface area contributed by atoms with Gasteiger partial charge in [0.15, 0.2) is 10.9 Å². The zero-order valence-electron chi connectivity index (χ0n) is 19.6. The first kappa shape index (κ1) is 23.6. The van der Waals surface area contributed by atoms with Crippen LogP contribution < -0.4 is 25.6 Å².